The van der Waals surface area contributed by atoms with Gasteiger partial charge < -0.3 is 5.11 Å². The van der Waals surface area contributed by atoms with Crippen molar-refractivity contribution in [2.45, 2.75) is 44.7 Å². The number of nitrogens with zero attached hydrogens (tertiary/aromatic N) is 2. The van der Waals surface area contributed by atoms with Crippen LogP contribution in [0.25, 0.3) is 10.2 Å². The Balaban J connectivity index is 1.43. The summed E-state index contributed by atoms with van der Waals surface area (Å²) in [5.41, 5.74) is 4.96. The minimum Gasteiger partial charge on any atom is -0.508 e. The summed E-state index contributed by atoms with van der Waals surface area (Å²) in [5.74, 6) is 0.468. The standard InChI is InChI=1S/C21H22N2OS/c24-19-12-15-6-3-5-14(15)11-16(19)13-23-10-4-8-18(23)21-22-17-7-1-2-9-20(17)25-21/h1-2,7,9,11-12,18,24H,3-6,8,10,13H2/t18-/m1/s1. The molecule has 3 nitrogen and oxygen atoms in total. The number of fused-ring (bicyclic) bond motifs is 2. The maximum Gasteiger partial charge on any atom is 0.120 e. The predicted molar refractivity (Wildman–Crippen MR) is 102 cm³/mol. The topological polar surface area (TPSA) is 36.4 Å². The Kier molecular flexibility index (Phi) is 3.75. The van der Waals surface area contributed by atoms with Crippen LogP contribution in [0.5, 0.6) is 5.75 Å². The normalized spacial score (nSPS) is 20.4. The van der Waals surface area contributed by atoms with E-state index < -0.39 is 0 Å². The largest absolute Gasteiger partial charge is 0.508 e. The molecular formula is C21H22N2OS. The number of hydrogen-bond donors (Lipinski definition) is 1. The molecule has 0 spiro atoms. The van der Waals surface area contributed by atoms with Gasteiger partial charge in [-0.3, -0.25) is 4.90 Å². The van der Waals surface area contributed by atoms with Crippen molar-refractivity contribution in [3.05, 3.63) is 58.1 Å². The highest BCUT2D eigenvalue weighted by Gasteiger charge is 2.29. The van der Waals surface area contributed by atoms with Crippen molar-refractivity contribution < 1.29 is 5.11 Å². The van der Waals surface area contributed by atoms with E-state index in [4.69, 9.17) is 4.98 Å². The molecule has 3 aromatic rings. The van der Waals surface area contributed by atoms with Crippen molar-refractivity contribution in [1.82, 2.24) is 9.88 Å². The van der Waals surface area contributed by atoms with Gasteiger partial charge in [0.15, 0.2) is 0 Å². The van der Waals surface area contributed by atoms with E-state index >= 15 is 0 Å². The second-order valence-electron chi connectivity index (χ2n) is 7.25. The van der Waals surface area contributed by atoms with Crippen LogP contribution in [0.1, 0.15) is 47.0 Å². The van der Waals surface area contributed by atoms with Crippen molar-refractivity contribution in [3.8, 4) is 5.75 Å². The SMILES string of the molecule is Oc1cc2c(cc1CN1CCC[C@@H]1c1nc3ccccc3s1)CCC2. The number of phenols is 1. The van der Waals surface area contributed by atoms with Crippen LogP contribution in [0.3, 0.4) is 0 Å². The van der Waals surface area contributed by atoms with Gasteiger partial charge in [0.1, 0.15) is 10.8 Å². The molecule has 4 heteroatoms. The Hall–Kier alpha value is -1.91. The van der Waals surface area contributed by atoms with E-state index in [1.54, 1.807) is 0 Å². The molecule has 2 aromatic carbocycles. The first-order chi connectivity index (χ1) is 12.3. The van der Waals surface area contributed by atoms with Gasteiger partial charge in [0.25, 0.3) is 0 Å². The van der Waals surface area contributed by atoms with Crippen LogP contribution in [0.4, 0.5) is 0 Å². The number of likely N-dealkylation sites (tertiary alicyclic amines) is 1. The summed E-state index contributed by atoms with van der Waals surface area (Å²) < 4.78 is 1.27. The number of phenolic OH excluding ortho intramolecular Hbond substituents is 1. The van der Waals surface area contributed by atoms with Crippen LogP contribution >= 0.6 is 11.3 Å². The molecular weight excluding hydrogens is 328 g/mol. The van der Waals surface area contributed by atoms with Gasteiger partial charge in [0.05, 0.1) is 16.3 Å². The van der Waals surface area contributed by atoms with E-state index in [9.17, 15) is 5.11 Å². The lowest BCUT2D eigenvalue weighted by molar-refractivity contribution is 0.245. The molecule has 1 aliphatic heterocycles. The summed E-state index contributed by atoms with van der Waals surface area (Å²) in [4.78, 5) is 7.38. The molecule has 5 rings (SSSR count). The van der Waals surface area contributed by atoms with Gasteiger partial charge in [-0.2, -0.15) is 0 Å². The summed E-state index contributed by atoms with van der Waals surface area (Å²) in [7, 11) is 0. The lowest BCUT2D eigenvalue weighted by Crippen LogP contribution is -2.22. The van der Waals surface area contributed by atoms with Crippen LogP contribution in [0, 0.1) is 0 Å². The quantitative estimate of drug-likeness (QED) is 0.735. The zero-order valence-corrected chi connectivity index (χ0v) is 15.1. The monoisotopic (exact) mass is 350 g/mol. The molecule has 1 N–H and O–H groups in total. The zero-order valence-electron chi connectivity index (χ0n) is 14.2. The summed E-state index contributed by atoms with van der Waals surface area (Å²) in [6, 6.07) is 13.0. The Labute approximate surface area is 151 Å². The van der Waals surface area contributed by atoms with Gasteiger partial charge in [-0.05, 0) is 68.0 Å². The summed E-state index contributed by atoms with van der Waals surface area (Å²) >= 11 is 1.82. The number of thiazole rings is 1. The third-order valence-corrected chi connectivity index (χ3v) is 6.76. The summed E-state index contributed by atoms with van der Waals surface area (Å²) in [6.07, 6.45) is 5.85. The van der Waals surface area contributed by atoms with Crippen LogP contribution in [-0.2, 0) is 19.4 Å². The Morgan fingerprint density at radius 1 is 1.12 bits per heavy atom. The second-order valence-corrected chi connectivity index (χ2v) is 8.31. The lowest BCUT2D eigenvalue weighted by Gasteiger charge is -2.23. The van der Waals surface area contributed by atoms with Crippen LogP contribution < -0.4 is 0 Å². The summed E-state index contributed by atoms with van der Waals surface area (Å²) in [6.45, 7) is 1.90. The average molecular weight is 350 g/mol. The van der Waals surface area contributed by atoms with Gasteiger partial charge >= 0.3 is 0 Å². The molecule has 1 fully saturated rings. The van der Waals surface area contributed by atoms with E-state index in [-0.39, 0.29) is 0 Å². The maximum atomic E-state index is 10.5. The Bertz CT molecular complexity index is 900. The molecule has 0 radical (unpaired) electrons. The number of para-hydroxylation sites is 1. The molecule has 1 aliphatic carbocycles. The number of hydrogen-bond acceptors (Lipinski definition) is 4. The number of aromatic nitrogens is 1. The van der Waals surface area contributed by atoms with E-state index in [0.29, 0.717) is 11.8 Å². The average Bonchev–Trinajstić information content (AvgIpc) is 3.33. The molecule has 25 heavy (non-hydrogen) atoms. The highest BCUT2D eigenvalue weighted by molar-refractivity contribution is 7.18. The van der Waals surface area contributed by atoms with Gasteiger partial charge in [0, 0.05) is 12.1 Å². The molecule has 0 unspecified atom stereocenters. The van der Waals surface area contributed by atoms with Gasteiger partial charge in [-0.25, -0.2) is 4.98 Å². The van der Waals surface area contributed by atoms with Crippen molar-refractivity contribution >= 4 is 21.6 Å². The molecule has 0 saturated carbocycles. The van der Waals surface area contributed by atoms with Crippen molar-refractivity contribution in [3.63, 3.8) is 0 Å². The fraction of sp³-hybridized carbons (Fsp3) is 0.381. The molecule has 0 bridgehead atoms. The van der Waals surface area contributed by atoms with Gasteiger partial charge in [-0.15, -0.1) is 11.3 Å². The first-order valence-corrected chi connectivity index (χ1v) is 10.0. The van der Waals surface area contributed by atoms with Crippen molar-refractivity contribution in [2.24, 2.45) is 0 Å². The smallest absolute Gasteiger partial charge is 0.120 e. The number of aryl methyl sites for hydroxylation is 2. The first-order valence-electron chi connectivity index (χ1n) is 9.21. The van der Waals surface area contributed by atoms with E-state index in [1.165, 1.54) is 33.7 Å². The van der Waals surface area contributed by atoms with E-state index in [2.05, 4.69) is 35.2 Å². The first kappa shape index (κ1) is 15.4. The molecule has 2 aliphatic rings. The zero-order chi connectivity index (χ0) is 16.8. The molecule has 0 amide bonds. The highest BCUT2D eigenvalue weighted by atomic mass is 32.1. The van der Waals surface area contributed by atoms with Crippen LogP contribution in [-0.4, -0.2) is 21.5 Å². The third kappa shape index (κ3) is 2.74. The summed E-state index contributed by atoms with van der Waals surface area (Å²) in [5, 5.41) is 11.7. The minimum atomic E-state index is 0.380. The van der Waals surface area contributed by atoms with Crippen molar-refractivity contribution in [1.29, 1.82) is 0 Å². The predicted octanol–water partition coefficient (Wildman–Crippen LogP) is 4.83. The molecule has 1 atom stereocenters. The molecule has 1 aromatic heterocycles. The Morgan fingerprint density at radius 2 is 1.96 bits per heavy atom. The minimum absolute atomic E-state index is 0.380. The number of rotatable bonds is 3. The van der Waals surface area contributed by atoms with Gasteiger partial charge in [-0.1, -0.05) is 18.2 Å². The van der Waals surface area contributed by atoms with E-state index in [0.717, 1.165) is 43.4 Å². The maximum absolute atomic E-state index is 10.5. The Morgan fingerprint density at radius 3 is 2.84 bits per heavy atom. The number of aromatic hydroxyl groups is 1. The molecule has 1 saturated heterocycles. The molecule has 128 valence electrons. The highest BCUT2D eigenvalue weighted by Crippen LogP contribution is 2.38. The fourth-order valence-electron chi connectivity index (χ4n) is 4.34. The third-order valence-electron chi connectivity index (χ3n) is 5.63. The van der Waals surface area contributed by atoms with Gasteiger partial charge in [0.2, 0.25) is 0 Å². The van der Waals surface area contributed by atoms with Crippen molar-refractivity contribution in [2.75, 3.05) is 6.54 Å². The number of benzene rings is 2. The second kappa shape index (κ2) is 6.11. The molecule has 2 heterocycles. The lowest BCUT2D eigenvalue weighted by atomic mass is 10.0. The van der Waals surface area contributed by atoms with E-state index in [1.807, 2.05) is 17.4 Å². The van der Waals surface area contributed by atoms with Crippen LogP contribution in [0.15, 0.2) is 36.4 Å². The van der Waals surface area contributed by atoms with Crippen LogP contribution in [0.2, 0.25) is 0 Å². The fourth-order valence-corrected chi connectivity index (χ4v) is 5.47.